The number of ether oxygens (including phenoxy) is 5. The van der Waals surface area contributed by atoms with Crippen LogP contribution in [0.25, 0.3) is 0 Å². The van der Waals surface area contributed by atoms with E-state index in [0.717, 1.165) is 5.56 Å². The van der Waals surface area contributed by atoms with Crippen LogP contribution in [0.2, 0.25) is 0 Å². The summed E-state index contributed by atoms with van der Waals surface area (Å²) >= 11 is 0. The molecule has 0 aromatic heterocycles. The first-order chi connectivity index (χ1) is 11.6. The van der Waals surface area contributed by atoms with Crippen molar-refractivity contribution in [1.82, 2.24) is 0 Å². The third-order valence-corrected chi connectivity index (χ3v) is 4.38. The summed E-state index contributed by atoms with van der Waals surface area (Å²) in [4.78, 5) is 0. The molecular weight excluding hydrogens is 308 g/mol. The lowest BCUT2D eigenvalue weighted by molar-refractivity contribution is -0.333. The standard InChI is InChI=1S/C19H26O5/c1-5-9-14-16(21-12-20-4)18-17(22-14)15(23-19(2,3)24-18)13-10-7-6-8-11-13/h5-8,10-11,14-18H,1,9,12H2,2-4H3/t14-,15-,16+,17-,18-/m1/s1. The van der Waals surface area contributed by atoms with Gasteiger partial charge < -0.3 is 23.7 Å². The zero-order chi connectivity index (χ0) is 17.2. The average molecular weight is 334 g/mol. The van der Waals surface area contributed by atoms with Crippen LogP contribution < -0.4 is 0 Å². The smallest absolute Gasteiger partial charge is 0.164 e. The first-order valence-electron chi connectivity index (χ1n) is 8.33. The van der Waals surface area contributed by atoms with Crippen molar-refractivity contribution >= 4 is 0 Å². The van der Waals surface area contributed by atoms with Crippen LogP contribution in [0.4, 0.5) is 0 Å². The van der Waals surface area contributed by atoms with Crippen molar-refractivity contribution < 1.29 is 23.7 Å². The Labute approximate surface area is 143 Å². The number of benzene rings is 1. The van der Waals surface area contributed by atoms with Crippen LogP contribution in [0.15, 0.2) is 43.0 Å². The summed E-state index contributed by atoms with van der Waals surface area (Å²) in [6, 6.07) is 10.1. The Morgan fingerprint density at radius 2 is 1.92 bits per heavy atom. The highest BCUT2D eigenvalue weighted by molar-refractivity contribution is 5.21. The highest BCUT2D eigenvalue weighted by Gasteiger charge is 2.55. The molecule has 0 unspecified atom stereocenters. The molecule has 3 rings (SSSR count). The highest BCUT2D eigenvalue weighted by Crippen LogP contribution is 2.44. The van der Waals surface area contributed by atoms with E-state index in [1.807, 2.05) is 38.1 Å². The van der Waals surface area contributed by atoms with Crippen molar-refractivity contribution in [1.29, 1.82) is 0 Å². The van der Waals surface area contributed by atoms with Gasteiger partial charge in [-0.25, -0.2) is 0 Å². The molecule has 0 saturated carbocycles. The van der Waals surface area contributed by atoms with Crippen LogP contribution in [0.3, 0.4) is 0 Å². The van der Waals surface area contributed by atoms with E-state index in [4.69, 9.17) is 23.7 Å². The lowest BCUT2D eigenvalue weighted by Gasteiger charge is -2.43. The Balaban J connectivity index is 1.89. The molecule has 2 saturated heterocycles. The van der Waals surface area contributed by atoms with E-state index in [0.29, 0.717) is 6.42 Å². The van der Waals surface area contributed by atoms with Crippen LogP contribution in [0.5, 0.6) is 0 Å². The third kappa shape index (κ3) is 3.55. The van der Waals surface area contributed by atoms with Gasteiger partial charge >= 0.3 is 0 Å². The van der Waals surface area contributed by atoms with Gasteiger partial charge in [0.25, 0.3) is 0 Å². The molecule has 0 aliphatic carbocycles. The van der Waals surface area contributed by atoms with E-state index in [1.165, 1.54) is 0 Å². The molecule has 1 aromatic rings. The highest BCUT2D eigenvalue weighted by atomic mass is 16.8. The maximum absolute atomic E-state index is 6.27. The molecular formula is C19H26O5. The normalized spacial score (nSPS) is 34.7. The molecule has 2 fully saturated rings. The SMILES string of the molecule is C=CC[C@H]1O[C@H]2[C@H](OC(C)(C)O[C@@H]2c2ccccc2)[C@H]1OCOC. The summed E-state index contributed by atoms with van der Waals surface area (Å²) in [5.41, 5.74) is 1.08. The number of rotatable bonds is 6. The molecule has 1 aromatic carbocycles. The van der Waals surface area contributed by atoms with Crippen LogP contribution in [-0.4, -0.2) is 44.1 Å². The second kappa shape index (κ2) is 7.33. The van der Waals surface area contributed by atoms with Crippen molar-refractivity contribution in [2.75, 3.05) is 13.9 Å². The molecule has 5 nitrogen and oxygen atoms in total. The molecule has 0 spiro atoms. The summed E-state index contributed by atoms with van der Waals surface area (Å²) in [6.07, 6.45) is 1.52. The summed E-state index contributed by atoms with van der Waals surface area (Å²) in [7, 11) is 1.61. The number of fused-ring (bicyclic) bond motifs is 1. The van der Waals surface area contributed by atoms with Gasteiger partial charge in [-0.15, -0.1) is 6.58 Å². The molecule has 5 atom stereocenters. The van der Waals surface area contributed by atoms with Gasteiger partial charge in [-0.05, 0) is 25.8 Å². The Morgan fingerprint density at radius 1 is 1.17 bits per heavy atom. The van der Waals surface area contributed by atoms with Crippen LogP contribution in [0, 0.1) is 0 Å². The quantitative estimate of drug-likeness (QED) is 0.590. The second-order valence-corrected chi connectivity index (χ2v) is 6.63. The summed E-state index contributed by atoms with van der Waals surface area (Å²) in [6.45, 7) is 7.87. The lowest BCUT2D eigenvalue weighted by atomic mass is 9.95. The molecule has 0 N–H and O–H groups in total. The van der Waals surface area contributed by atoms with E-state index < -0.39 is 5.79 Å². The minimum absolute atomic E-state index is 0.128. The summed E-state index contributed by atoms with van der Waals surface area (Å²) < 4.78 is 29.6. The van der Waals surface area contributed by atoms with E-state index >= 15 is 0 Å². The van der Waals surface area contributed by atoms with Crippen LogP contribution in [-0.2, 0) is 23.7 Å². The molecule has 132 valence electrons. The Bertz CT molecular complexity index is 544. The molecule has 0 amide bonds. The van der Waals surface area contributed by atoms with Gasteiger partial charge in [-0.3, -0.25) is 0 Å². The molecule has 0 bridgehead atoms. The van der Waals surface area contributed by atoms with Crippen molar-refractivity contribution in [2.45, 2.75) is 56.6 Å². The summed E-state index contributed by atoms with van der Waals surface area (Å²) in [5, 5.41) is 0. The van der Waals surface area contributed by atoms with Crippen LogP contribution >= 0.6 is 0 Å². The molecule has 5 heteroatoms. The molecule has 2 heterocycles. The van der Waals surface area contributed by atoms with Gasteiger partial charge in [-0.2, -0.15) is 0 Å². The molecule has 0 radical (unpaired) electrons. The molecule has 2 aliphatic rings. The van der Waals surface area contributed by atoms with E-state index in [9.17, 15) is 0 Å². The fourth-order valence-corrected chi connectivity index (χ4v) is 3.46. The second-order valence-electron chi connectivity index (χ2n) is 6.63. The fraction of sp³-hybridized carbons (Fsp3) is 0.579. The largest absolute Gasteiger partial charge is 0.366 e. The van der Waals surface area contributed by atoms with Crippen molar-refractivity contribution in [3.8, 4) is 0 Å². The Morgan fingerprint density at radius 3 is 2.58 bits per heavy atom. The van der Waals surface area contributed by atoms with Gasteiger partial charge in [0.15, 0.2) is 5.79 Å². The Kier molecular flexibility index (Phi) is 5.37. The first kappa shape index (κ1) is 17.6. The van der Waals surface area contributed by atoms with Crippen molar-refractivity contribution in [2.24, 2.45) is 0 Å². The predicted octanol–water partition coefficient (Wildman–Crippen LogP) is 3.21. The maximum atomic E-state index is 6.27. The van der Waals surface area contributed by atoms with Gasteiger partial charge in [-0.1, -0.05) is 36.4 Å². The van der Waals surface area contributed by atoms with Crippen molar-refractivity contribution in [3.63, 3.8) is 0 Å². The van der Waals surface area contributed by atoms with Crippen LogP contribution in [0.1, 0.15) is 31.9 Å². The van der Waals surface area contributed by atoms with Gasteiger partial charge in [0.2, 0.25) is 0 Å². The average Bonchev–Trinajstić information content (AvgIpc) is 2.89. The van der Waals surface area contributed by atoms with Gasteiger partial charge in [0, 0.05) is 7.11 Å². The number of methoxy groups -OCH3 is 1. The third-order valence-electron chi connectivity index (χ3n) is 4.38. The van der Waals surface area contributed by atoms with E-state index in [1.54, 1.807) is 7.11 Å². The van der Waals surface area contributed by atoms with Crippen molar-refractivity contribution in [3.05, 3.63) is 48.6 Å². The topological polar surface area (TPSA) is 46.2 Å². The minimum Gasteiger partial charge on any atom is -0.366 e. The number of hydrogen-bond donors (Lipinski definition) is 0. The fourth-order valence-electron chi connectivity index (χ4n) is 3.46. The van der Waals surface area contributed by atoms with E-state index in [2.05, 4.69) is 18.7 Å². The van der Waals surface area contributed by atoms with Gasteiger partial charge in [0.05, 0.1) is 6.10 Å². The zero-order valence-corrected chi connectivity index (χ0v) is 14.5. The molecule has 24 heavy (non-hydrogen) atoms. The first-order valence-corrected chi connectivity index (χ1v) is 8.33. The maximum Gasteiger partial charge on any atom is 0.164 e. The van der Waals surface area contributed by atoms with E-state index in [-0.39, 0.29) is 37.3 Å². The monoisotopic (exact) mass is 334 g/mol. The summed E-state index contributed by atoms with van der Waals surface area (Å²) in [5.74, 6) is -0.719. The Hall–Kier alpha value is -1.24. The molecule has 2 aliphatic heterocycles. The lowest BCUT2D eigenvalue weighted by Crippen LogP contribution is -2.52. The zero-order valence-electron chi connectivity index (χ0n) is 14.5. The number of hydrogen-bond acceptors (Lipinski definition) is 5. The predicted molar refractivity (Wildman–Crippen MR) is 89.4 cm³/mol. The minimum atomic E-state index is -0.719. The van der Waals surface area contributed by atoms with Gasteiger partial charge in [0.1, 0.15) is 31.2 Å².